The predicted molar refractivity (Wildman–Crippen MR) is 150 cm³/mol. The minimum absolute atomic E-state index is 0.189. The van der Waals surface area contributed by atoms with Gasteiger partial charge in [-0.05, 0) is 61.4 Å². The number of hydrogen-bond donors (Lipinski definition) is 1. The molecular formula is C29H27N5O3S. The number of aryl methyl sites for hydroxylation is 2. The Morgan fingerprint density at radius 3 is 2.58 bits per heavy atom. The first-order chi connectivity index (χ1) is 18.4. The van der Waals surface area contributed by atoms with Crippen molar-refractivity contribution in [1.29, 1.82) is 0 Å². The summed E-state index contributed by atoms with van der Waals surface area (Å²) >= 11 is 1.42. The SMILES string of the molecule is Cc1c(NC(=O)Cn2cnc3scc(-c4ccc5c(c4)CCCC5)c3c2=O)c(=O)n(-c2ccccc2)n1C. The molecule has 5 aromatic rings. The zero-order valence-corrected chi connectivity index (χ0v) is 22.0. The number of nitrogens with zero attached hydrogens (tertiary/aromatic N) is 4. The molecule has 0 unspecified atom stereocenters. The Bertz CT molecular complexity index is 1810. The van der Waals surface area contributed by atoms with Crippen LogP contribution in [0.1, 0.15) is 29.7 Å². The molecule has 0 saturated carbocycles. The van der Waals surface area contributed by atoms with Crippen LogP contribution in [-0.2, 0) is 31.2 Å². The summed E-state index contributed by atoms with van der Waals surface area (Å²) < 4.78 is 4.50. The molecule has 0 fully saturated rings. The summed E-state index contributed by atoms with van der Waals surface area (Å²) in [6.45, 7) is 1.52. The molecule has 0 radical (unpaired) electrons. The highest BCUT2D eigenvalue weighted by Crippen LogP contribution is 2.33. The van der Waals surface area contributed by atoms with Crippen molar-refractivity contribution in [2.45, 2.75) is 39.2 Å². The van der Waals surface area contributed by atoms with Crippen LogP contribution in [0, 0.1) is 6.92 Å². The summed E-state index contributed by atoms with van der Waals surface area (Å²) in [5, 5.41) is 5.21. The predicted octanol–water partition coefficient (Wildman–Crippen LogP) is 4.44. The fourth-order valence-electron chi connectivity index (χ4n) is 5.24. The molecule has 192 valence electrons. The molecule has 0 saturated heterocycles. The molecule has 1 N–H and O–H groups in total. The first kappa shape index (κ1) is 24.1. The van der Waals surface area contributed by atoms with E-state index < -0.39 is 5.91 Å². The number of carbonyl (C=O) groups is 1. The highest BCUT2D eigenvalue weighted by Gasteiger charge is 2.20. The van der Waals surface area contributed by atoms with E-state index in [4.69, 9.17) is 0 Å². The third-order valence-electron chi connectivity index (χ3n) is 7.35. The van der Waals surface area contributed by atoms with Crippen molar-refractivity contribution < 1.29 is 4.79 Å². The van der Waals surface area contributed by atoms with Crippen molar-refractivity contribution in [2.75, 3.05) is 5.32 Å². The standard InChI is InChI=1S/C29H27N5O3S/c1-18-26(29(37)34(32(18)2)22-10-4-3-5-11-22)31-24(35)15-33-17-30-27-25(28(33)36)23(16-38-27)21-13-12-19-8-6-7-9-20(19)14-21/h3-5,10-14,16-17H,6-9,15H2,1-2H3,(H,31,35). The molecule has 2 aromatic carbocycles. The summed E-state index contributed by atoms with van der Waals surface area (Å²) in [7, 11) is 1.76. The molecule has 6 rings (SSSR count). The number of amides is 1. The van der Waals surface area contributed by atoms with E-state index in [0.29, 0.717) is 21.6 Å². The highest BCUT2D eigenvalue weighted by molar-refractivity contribution is 7.17. The molecule has 0 bridgehead atoms. The maximum atomic E-state index is 13.5. The van der Waals surface area contributed by atoms with Gasteiger partial charge >= 0.3 is 0 Å². The van der Waals surface area contributed by atoms with E-state index in [1.54, 1.807) is 18.7 Å². The molecule has 9 heteroatoms. The van der Waals surface area contributed by atoms with E-state index >= 15 is 0 Å². The van der Waals surface area contributed by atoms with Gasteiger partial charge in [0, 0.05) is 18.0 Å². The third kappa shape index (κ3) is 4.09. The van der Waals surface area contributed by atoms with Gasteiger partial charge in [0.1, 0.15) is 17.1 Å². The average molecular weight is 526 g/mol. The first-order valence-electron chi connectivity index (χ1n) is 12.6. The Morgan fingerprint density at radius 2 is 1.79 bits per heavy atom. The molecule has 3 heterocycles. The minimum Gasteiger partial charge on any atom is -0.318 e. The van der Waals surface area contributed by atoms with Gasteiger partial charge in [0.25, 0.3) is 11.1 Å². The van der Waals surface area contributed by atoms with Crippen molar-refractivity contribution in [2.24, 2.45) is 7.05 Å². The second-order valence-electron chi connectivity index (χ2n) is 9.68. The van der Waals surface area contributed by atoms with Crippen LogP contribution in [0.5, 0.6) is 0 Å². The number of fused-ring (bicyclic) bond motifs is 2. The fourth-order valence-corrected chi connectivity index (χ4v) is 6.15. The van der Waals surface area contributed by atoms with Gasteiger partial charge in [-0.2, -0.15) is 0 Å². The number of carbonyl (C=O) groups excluding carboxylic acids is 1. The van der Waals surface area contributed by atoms with Crippen LogP contribution in [0.15, 0.2) is 69.8 Å². The lowest BCUT2D eigenvalue weighted by Gasteiger charge is -2.16. The fraction of sp³-hybridized carbons (Fsp3) is 0.241. The van der Waals surface area contributed by atoms with Crippen LogP contribution in [0.2, 0.25) is 0 Å². The zero-order chi connectivity index (χ0) is 26.4. The lowest BCUT2D eigenvalue weighted by atomic mass is 9.89. The Balaban J connectivity index is 1.31. The van der Waals surface area contributed by atoms with E-state index in [0.717, 1.165) is 24.0 Å². The van der Waals surface area contributed by atoms with Gasteiger partial charge in [-0.25, -0.2) is 9.67 Å². The van der Waals surface area contributed by atoms with Gasteiger partial charge < -0.3 is 5.32 Å². The van der Waals surface area contributed by atoms with E-state index in [2.05, 4.69) is 28.5 Å². The monoisotopic (exact) mass is 525 g/mol. The molecule has 0 aliphatic heterocycles. The Labute approximate surface area is 222 Å². The number of nitrogens with one attached hydrogen (secondary N) is 1. The van der Waals surface area contributed by atoms with E-state index in [1.807, 2.05) is 35.7 Å². The van der Waals surface area contributed by atoms with Crippen LogP contribution >= 0.6 is 11.3 Å². The number of anilines is 1. The second kappa shape index (κ2) is 9.57. The van der Waals surface area contributed by atoms with Crippen LogP contribution in [0.25, 0.3) is 27.0 Å². The average Bonchev–Trinajstić information content (AvgIpc) is 3.46. The molecule has 1 aliphatic carbocycles. The van der Waals surface area contributed by atoms with Crippen molar-refractivity contribution in [3.63, 3.8) is 0 Å². The highest BCUT2D eigenvalue weighted by atomic mass is 32.1. The van der Waals surface area contributed by atoms with Crippen molar-refractivity contribution in [3.05, 3.63) is 97.8 Å². The van der Waals surface area contributed by atoms with Crippen LogP contribution < -0.4 is 16.4 Å². The molecule has 0 atom stereocenters. The van der Waals surface area contributed by atoms with E-state index in [1.165, 1.54) is 50.9 Å². The van der Waals surface area contributed by atoms with Gasteiger partial charge in [0.05, 0.1) is 23.1 Å². The number of rotatable bonds is 5. The molecule has 38 heavy (non-hydrogen) atoms. The lowest BCUT2D eigenvalue weighted by Crippen LogP contribution is -2.29. The topological polar surface area (TPSA) is 90.9 Å². The van der Waals surface area contributed by atoms with Crippen molar-refractivity contribution in [3.8, 4) is 16.8 Å². The van der Waals surface area contributed by atoms with Gasteiger partial charge in [0.15, 0.2) is 0 Å². The summed E-state index contributed by atoms with van der Waals surface area (Å²) in [5.74, 6) is -0.468. The summed E-state index contributed by atoms with van der Waals surface area (Å²) in [4.78, 5) is 44.8. The number of hydrogen-bond acceptors (Lipinski definition) is 5. The maximum absolute atomic E-state index is 13.5. The Hall–Kier alpha value is -4.24. The summed E-state index contributed by atoms with van der Waals surface area (Å²) in [6.07, 6.45) is 5.95. The Morgan fingerprint density at radius 1 is 1.03 bits per heavy atom. The first-order valence-corrected chi connectivity index (χ1v) is 13.5. The molecular weight excluding hydrogens is 498 g/mol. The van der Waals surface area contributed by atoms with Gasteiger partial charge in [-0.3, -0.25) is 23.6 Å². The quantitative estimate of drug-likeness (QED) is 0.367. The molecule has 1 aliphatic rings. The maximum Gasteiger partial charge on any atom is 0.295 e. The van der Waals surface area contributed by atoms with Gasteiger partial charge in [-0.1, -0.05) is 36.4 Å². The normalized spacial score (nSPS) is 13.0. The molecule has 8 nitrogen and oxygen atoms in total. The smallest absolute Gasteiger partial charge is 0.295 e. The van der Waals surface area contributed by atoms with Crippen LogP contribution in [-0.4, -0.2) is 24.8 Å². The zero-order valence-electron chi connectivity index (χ0n) is 21.2. The van der Waals surface area contributed by atoms with Crippen LogP contribution in [0.4, 0.5) is 5.69 Å². The number of thiophene rings is 1. The summed E-state index contributed by atoms with van der Waals surface area (Å²) in [6, 6.07) is 15.7. The van der Waals surface area contributed by atoms with Crippen molar-refractivity contribution >= 4 is 33.1 Å². The van der Waals surface area contributed by atoms with Gasteiger partial charge in [0.2, 0.25) is 5.91 Å². The van der Waals surface area contributed by atoms with E-state index in [-0.39, 0.29) is 23.4 Å². The molecule has 0 spiro atoms. The molecule has 3 aromatic heterocycles. The molecule has 1 amide bonds. The van der Waals surface area contributed by atoms with E-state index in [9.17, 15) is 14.4 Å². The second-order valence-corrected chi connectivity index (χ2v) is 10.5. The van der Waals surface area contributed by atoms with Gasteiger partial charge in [-0.15, -0.1) is 11.3 Å². The van der Waals surface area contributed by atoms with Crippen molar-refractivity contribution in [1.82, 2.24) is 18.9 Å². The van der Waals surface area contributed by atoms with Crippen LogP contribution in [0.3, 0.4) is 0 Å². The number of aromatic nitrogens is 4. The lowest BCUT2D eigenvalue weighted by molar-refractivity contribution is -0.116. The largest absolute Gasteiger partial charge is 0.318 e. The summed E-state index contributed by atoms with van der Waals surface area (Å²) in [5.41, 5.74) is 5.46. The minimum atomic E-state index is -0.468. The number of benzene rings is 2. The number of para-hydroxylation sites is 1. The Kier molecular flexibility index (Phi) is 6.07. The third-order valence-corrected chi connectivity index (χ3v) is 8.24.